The van der Waals surface area contributed by atoms with E-state index in [1.165, 1.54) is 0 Å². The van der Waals surface area contributed by atoms with Crippen LogP contribution in [0.1, 0.15) is 12.0 Å². The van der Waals surface area contributed by atoms with Crippen molar-refractivity contribution in [1.29, 1.82) is 0 Å². The van der Waals surface area contributed by atoms with Gasteiger partial charge in [-0.3, -0.25) is 0 Å². The molecule has 1 aromatic rings. The van der Waals surface area contributed by atoms with Gasteiger partial charge in [0.1, 0.15) is 30.5 Å². The molecule has 0 spiro atoms. The summed E-state index contributed by atoms with van der Waals surface area (Å²) in [5.41, 5.74) is 1.04. The Bertz CT molecular complexity index is 584. The van der Waals surface area contributed by atoms with Crippen LogP contribution in [0, 0.1) is 0 Å². The van der Waals surface area contributed by atoms with Crippen molar-refractivity contribution in [2.45, 2.75) is 62.0 Å². The molecule has 9 nitrogen and oxygen atoms in total. The zero-order valence-electron chi connectivity index (χ0n) is 15.4. The highest BCUT2D eigenvalue weighted by molar-refractivity contribution is 5.13. The molecule has 0 aromatic heterocycles. The molecule has 2 heterocycles. The largest absolute Gasteiger partial charge is 0.394 e. The van der Waals surface area contributed by atoms with Gasteiger partial charge in [-0.05, 0) is 5.56 Å². The number of hydrogen-bond acceptors (Lipinski definition) is 9. The van der Waals surface area contributed by atoms with E-state index in [2.05, 4.69) is 0 Å². The normalized spacial score (nSPS) is 38.6. The molecule has 1 aromatic carbocycles. The predicted octanol–water partition coefficient (Wildman–Crippen LogP) is -1.46. The molecule has 3 rings (SSSR count). The van der Waals surface area contributed by atoms with Gasteiger partial charge >= 0.3 is 0 Å². The Morgan fingerprint density at radius 3 is 2.29 bits per heavy atom. The molecule has 0 saturated carbocycles. The van der Waals surface area contributed by atoms with Crippen LogP contribution >= 0.6 is 0 Å². The third-order valence-electron chi connectivity index (χ3n) is 5.03. The van der Waals surface area contributed by atoms with E-state index in [0.29, 0.717) is 19.6 Å². The van der Waals surface area contributed by atoms with Crippen molar-refractivity contribution in [1.82, 2.24) is 0 Å². The summed E-state index contributed by atoms with van der Waals surface area (Å²) >= 11 is 0. The van der Waals surface area contributed by atoms with Crippen molar-refractivity contribution in [3.63, 3.8) is 0 Å². The van der Waals surface area contributed by atoms with E-state index in [4.69, 9.17) is 18.9 Å². The van der Waals surface area contributed by atoms with Crippen LogP contribution in [0.25, 0.3) is 0 Å². The maximum absolute atomic E-state index is 10.1. The van der Waals surface area contributed by atoms with Gasteiger partial charge in [-0.2, -0.15) is 0 Å². The molecule has 0 aliphatic carbocycles. The summed E-state index contributed by atoms with van der Waals surface area (Å²) in [6, 6.07) is 9.69. The van der Waals surface area contributed by atoms with E-state index in [1.807, 2.05) is 30.3 Å². The molecular formula is C19H28O9. The first kappa shape index (κ1) is 21.6. The van der Waals surface area contributed by atoms with Gasteiger partial charge in [0.15, 0.2) is 6.29 Å². The Hall–Kier alpha value is -1.14. The van der Waals surface area contributed by atoms with Gasteiger partial charge in [-0.15, -0.1) is 0 Å². The van der Waals surface area contributed by atoms with Gasteiger partial charge in [0.25, 0.3) is 0 Å². The summed E-state index contributed by atoms with van der Waals surface area (Å²) < 4.78 is 22.5. The molecule has 5 N–H and O–H groups in total. The van der Waals surface area contributed by atoms with Crippen molar-refractivity contribution in [2.75, 3.05) is 19.8 Å². The van der Waals surface area contributed by atoms with Gasteiger partial charge in [0, 0.05) is 6.42 Å². The monoisotopic (exact) mass is 400 g/mol. The highest BCUT2D eigenvalue weighted by Gasteiger charge is 2.47. The number of benzene rings is 1. The van der Waals surface area contributed by atoms with E-state index < -0.39 is 49.5 Å². The summed E-state index contributed by atoms with van der Waals surface area (Å²) in [4.78, 5) is 0. The average Bonchev–Trinajstić information content (AvgIpc) is 3.11. The predicted molar refractivity (Wildman–Crippen MR) is 95.1 cm³/mol. The Labute approximate surface area is 163 Å². The molecule has 158 valence electrons. The van der Waals surface area contributed by atoms with Crippen LogP contribution in [0.5, 0.6) is 0 Å². The first-order valence-electron chi connectivity index (χ1n) is 9.37. The smallest absolute Gasteiger partial charge is 0.187 e. The number of aliphatic hydroxyl groups is 5. The van der Waals surface area contributed by atoms with Crippen molar-refractivity contribution in [3.05, 3.63) is 35.9 Å². The number of rotatable bonds is 8. The molecule has 2 aliphatic heterocycles. The molecule has 28 heavy (non-hydrogen) atoms. The lowest BCUT2D eigenvalue weighted by molar-refractivity contribution is -0.314. The second-order valence-corrected chi connectivity index (χ2v) is 7.09. The lowest BCUT2D eigenvalue weighted by Gasteiger charge is -2.40. The Morgan fingerprint density at radius 2 is 1.61 bits per heavy atom. The molecule has 2 aliphatic rings. The Morgan fingerprint density at radius 1 is 0.893 bits per heavy atom. The highest BCUT2D eigenvalue weighted by atomic mass is 16.7. The maximum atomic E-state index is 10.1. The van der Waals surface area contributed by atoms with Crippen LogP contribution in [-0.2, 0) is 25.6 Å². The first-order valence-corrected chi connectivity index (χ1v) is 9.37. The third kappa shape index (κ3) is 5.07. The molecule has 2 saturated heterocycles. The van der Waals surface area contributed by atoms with Crippen LogP contribution in [0.2, 0.25) is 0 Å². The van der Waals surface area contributed by atoms with Crippen LogP contribution in [0.15, 0.2) is 30.3 Å². The van der Waals surface area contributed by atoms with Gasteiger partial charge in [-0.25, -0.2) is 0 Å². The van der Waals surface area contributed by atoms with Crippen LogP contribution in [0.4, 0.5) is 0 Å². The zero-order chi connectivity index (χ0) is 20.1. The third-order valence-corrected chi connectivity index (χ3v) is 5.03. The fraction of sp³-hybridized carbons (Fsp3) is 0.684. The van der Waals surface area contributed by atoms with Gasteiger partial charge in [-0.1, -0.05) is 30.3 Å². The second-order valence-electron chi connectivity index (χ2n) is 7.09. The van der Waals surface area contributed by atoms with Crippen LogP contribution in [0.3, 0.4) is 0 Å². The van der Waals surface area contributed by atoms with Gasteiger partial charge < -0.3 is 44.5 Å². The molecule has 8 atom stereocenters. The maximum Gasteiger partial charge on any atom is 0.187 e. The number of aliphatic hydroxyl groups excluding tert-OH is 5. The minimum absolute atomic E-state index is 0.294. The second kappa shape index (κ2) is 10.1. The summed E-state index contributed by atoms with van der Waals surface area (Å²) in [5, 5.41) is 48.6. The van der Waals surface area contributed by atoms with Crippen molar-refractivity contribution in [2.24, 2.45) is 0 Å². The summed E-state index contributed by atoms with van der Waals surface area (Å²) in [5.74, 6) is 0. The van der Waals surface area contributed by atoms with E-state index in [0.717, 1.165) is 5.56 Å². The van der Waals surface area contributed by atoms with Crippen LogP contribution in [-0.4, -0.2) is 94.4 Å². The standard InChI is InChI=1S/C19H28O9/c20-7-14-13(27-19-18(24)17(23)16(22)15(8-21)28-19)6-12(26-14)10-25-9-11-4-2-1-3-5-11/h1-5,12-24H,6-10H2/t12-,13+,14?,15?,16?,17?,18?,19?/m1/s1. The average molecular weight is 400 g/mol. The van der Waals surface area contributed by atoms with E-state index in [1.54, 1.807) is 0 Å². The van der Waals surface area contributed by atoms with Gasteiger partial charge in [0.05, 0.1) is 38.6 Å². The fourth-order valence-corrected chi connectivity index (χ4v) is 3.45. The Balaban J connectivity index is 1.52. The summed E-state index contributed by atoms with van der Waals surface area (Å²) in [7, 11) is 0. The molecular weight excluding hydrogens is 372 g/mol. The van der Waals surface area contributed by atoms with Gasteiger partial charge in [0.2, 0.25) is 0 Å². The highest BCUT2D eigenvalue weighted by Crippen LogP contribution is 2.29. The molecule has 0 amide bonds. The lowest BCUT2D eigenvalue weighted by atomic mass is 9.99. The van der Waals surface area contributed by atoms with Crippen LogP contribution < -0.4 is 0 Å². The molecule has 2 fully saturated rings. The zero-order valence-corrected chi connectivity index (χ0v) is 15.4. The summed E-state index contributed by atoms with van der Waals surface area (Å²) in [6.07, 6.45) is -7.93. The quantitative estimate of drug-likeness (QED) is 0.354. The minimum atomic E-state index is -1.52. The molecule has 0 bridgehead atoms. The summed E-state index contributed by atoms with van der Waals surface area (Å²) in [6.45, 7) is -0.0920. The van der Waals surface area contributed by atoms with E-state index in [9.17, 15) is 25.5 Å². The van der Waals surface area contributed by atoms with E-state index >= 15 is 0 Å². The lowest BCUT2D eigenvalue weighted by Crippen LogP contribution is -2.60. The molecule has 9 heteroatoms. The topological polar surface area (TPSA) is 138 Å². The Kier molecular flexibility index (Phi) is 7.75. The van der Waals surface area contributed by atoms with Crippen molar-refractivity contribution < 1.29 is 44.5 Å². The fourth-order valence-electron chi connectivity index (χ4n) is 3.45. The van der Waals surface area contributed by atoms with Crippen molar-refractivity contribution in [3.8, 4) is 0 Å². The SMILES string of the molecule is OCC1OC(O[C@H]2C[C@H](COCc3ccccc3)OC2CO)C(O)C(O)C1O. The number of hydrogen-bond donors (Lipinski definition) is 5. The number of ether oxygens (including phenoxy) is 4. The first-order chi connectivity index (χ1) is 13.5. The van der Waals surface area contributed by atoms with E-state index in [-0.39, 0.29) is 12.7 Å². The molecule has 0 radical (unpaired) electrons. The van der Waals surface area contributed by atoms with Crippen molar-refractivity contribution >= 4 is 0 Å². The minimum Gasteiger partial charge on any atom is -0.394 e. The molecule has 6 unspecified atom stereocenters.